The van der Waals surface area contributed by atoms with Gasteiger partial charge in [-0.15, -0.1) is 0 Å². The Hall–Kier alpha value is -2.06. The molecule has 72 valence electrons. The summed E-state index contributed by atoms with van der Waals surface area (Å²) in [5, 5.41) is 26.7. The maximum absolute atomic E-state index is 10.7. The van der Waals surface area contributed by atoms with Crippen LogP contribution in [0.15, 0.2) is 12.1 Å². The van der Waals surface area contributed by atoms with Gasteiger partial charge < -0.3 is 15.9 Å². The Labute approximate surface area is 80.0 Å². The molecule has 14 heavy (non-hydrogen) atoms. The molecule has 0 aliphatic carbocycles. The second-order valence-corrected chi connectivity index (χ2v) is 2.62. The van der Waals surface area contributed by atoms with Crippen molar-refractivity contribution in [2.24, 2.45) is 5.73 Å². The van der Waals surface area contributed by atoms with Crippen molar-refractivity contribution in [3.8, 4) is 11.8 Å². The van der Waals surface area contributed by atoms with E-state index in [9.17, 15) is 9.90 Å². The molecule has 0 unspecified atom stereocenters. The van der Waals surface area contributed by atoms with Gasteiger partial charge in [-0.05, 0) is 11.6 Å². The number of aromatic hydroxyl groups is 1. The molecule has 1 rings (SSSR count). The number of carboxylic acids is 1. The van der Waals surface area contributed by atoms with Crippen molar-refractivity contribution < 1.29 is 15.0 Å². The van der Waals surface area contributed by atoms with Crippen molar-refractivity contribution >= 4 is 5.97 Å². The standard InChI is InChI=1S/C9H8N2O3/c10-3-5-1-2-6(4-11)8(12)7(5)9(13)14/h1-2,12H,3,10H2,(H,13,14). The Morgan fingerprint density at radius 2 is 2.21 bits per heavy atom. The van der Waals surface area contributed by atoms with Gasteiger partial charge in [0.05, 0.1) is 5.56 Å². The smallest absolute Gasteiger partial charge is 0.339 e. The monoisotopic (exact) mass is 192 g/mol. The number of phenols is 1. The molecule has 0 aromatic heterocycles. The van der Waals surface area contributed by atoms with Crippen LogP contribution < -0.4 is 5.73 Å². The van der Waals surface area contributed by atoms with E-state index in [0.29, 0.717) is 5.56 Å². The molecule has 0 saturated carbocycles. The Morgan fingerprint density at radius 1 is 1.57 bits per heavy atom. The second-order valence-electron chi connectivity index (χ2n) is 2.62. The molecule has 0 aliphatic heterocycles. The van der Waals surface area contributed by atoms with E-state index < -0.39 is 11.7 Å². The van der Waals surface area contributed by atoms with Crippen molar-refractivity contribution in [1.29, 1.82) is 5.26 Å². The van der Waals surface area contributed by atoms with Crippen molar-refractivity contribution in [2.75, 3.05) is 0 Å². The van der Waals surface area contributed by atoms with Crippen LogP contribution in [-0.2, 0) is 6.54 Å². The van der Waals surface area contributed by atoms with Gasteiger partial charge in [0.15, 0.2) is 0 Å². The van der Waals surface area contributed by atoms with Gasteiger partial charge in [-0.2, -0.15) is 5.26 Å². The number of hydrogen-bond acceptors (Lipinski definition) is 4. The number of aromatic carboxylic acids is 1. The fourth-order valence-corrected chi connectivity index (χ4v) is 1.13. The highest BCUT2D eigenvalue weighted by molar-refractivity contribution is 5.93. The molecule has 0 atom stereocenters. The van der Waals surface area contributed by atoms with Crippen LogP contribution in [0.25, 0.3) is 0 Å². The van der Waals surface area contributed by atoms with Crippen LogP contribution in [0.2, 0.25) is 0 Å². The van der Waals surface area contributed by atoms with Crippen LogP contribution in [0.1, 0.15) is 21.5 Å². The van der Waals surface area contributed by atoms with Gasteiger partial charge >= 0.3 is 5.97 Å². The number of carbonyl (C=O) groups is 1. The van der Waals surface area contributed by atoms with Crippen molar-refractivity contribution in [1.82, 2.24) is 0 Å². The lowest BCUT2D eigenvalue weighted by atomic mass is 10.0. The highest BCUT2D eigenvalue weighted by Gasteiger charge is 2.17. The zero-order chi connectivity index (χ0) is 10.7. The summed E-state index contributed by atoms with van der Waals surface area (Å²) in [7, 11) is 0. The molecule has 0 aliphatic rings. The highest BCUT2D eigenvalue weighted by Crippen LogP contribution is 2.25. The maximum Gasteiger partial charge on any atom is 0.339 e. The van der Waals surface area contributed by atoms with E-state index in [1.807, 2.05) is 0 Å². The number of nitriles is 1. The van der Waals surface area contributed by atoms with Crippen LogP contribution in [0.3, 0.4) is 0 Å². The molecule has 0 bridgehead atoms. The largest absolute Gasteiger partial charge is 0.506 e. The van der Waals surface area contributed by atoms with Crippen LogP contribution in [0.4, 0.5) is 0 Å². The number of rotatable bonds is 2. The summed E-state index contributed by atoms with van der Waals surface area (Å²) in [6.45, 7) is 0.000895. The van der Waals surface area contributed by atoms with E-state index in [4.69, 9.17) is 16.1 Å². The normalized spacial score (nSPS) is 9.43. The highest BCUT2D eigenvalue weighted by atomic mass is 16.4. The summed E-state index contributed by atoms with van der Waals surface area (Å²) in [5.41, 5.74) is 5.22. The summed E-state index contributed by atoms with van der Waals surface area (Å²) in [6, 6.07) is 4.44. The predicted molar refractivity (Wildman–Crippen MR) is 47.7 cm³/mol. The summed E-state index contributed by atoms with van der Waals surface area (Å²) in [5.74, 6) is -1.82. The van der Waals surface area contributed by atoms with Gasteiger partial charge in [0.25, 0.3) is 0 Å². The fraction of sp³-hybridized carbons (Fsp3) is 0.111. The van der Waals surface area contributed by atoms with Crippen LogP contribution in [0.5, 0.6) is 5.75 Å². The first kappa shape index (κ1) is 10.0. The molecule has 5 nitrogen and oxygen atoms in total. The summed E-state index contributed by atoms with van der Waals surface area (Å²) >= 11 is 0. The Balaban J connectivity index is 3.49. The fourth-order valence-electron chi connectivity index (χ4n) is 1.13. The average Bonchev–Trinajstić information content (AvgIpc) is 2.16. The van der Waals surface area contributed by atoms with E-state index in [1.165, 1.54) is 12.1 Å². The topological polar surface area (TPSA) is 107 Å². The van der Waals surface area contributed by atoms with E-state index in [-0.39, 0.29) is 17.7 Å². The Morgan fingerprint density at radius 3 is 2.64 bits per heavy atom. The first-order chi connectivity index (χ1) is 6.61. The summed E-state index contributed by atoms with van der Waals surface area (Å²) in [4.78, 5) is 10.7. The lowest BCUT2D eigenvalue weighted by molar-refractivity contribution is 0.0692. The van der Waals surface area contributed by atoms with Gasteiger partial charge in [-0.3, -0.25) is 0 Å². The maximum atomic E-state index is 10.7. The molecule has 1 aromatic rings. The molecule has 0 heterocycles. The van der Waals surface area contributed by atoms with Crippen LogP contribution in [0, 0.1) is 11.3 Å². The molecule has 0 radical (unpaired) electrons. The third-order valence-electron chi connectivity index (χ3n) is 1.82. The summed E-state index contributed by atoms with van der Waals surface area (Å²) < 4.78 is 0. The number of hydrogen-bond donors (Lipinski definition) is 3. The minimum absolute atomic E-state index is 0.000895. The van der Waals surface area contributed by atoms with Crippen molar-refractivity contribution in [3.05, 3.63) is 28.8 Å². The van der Waals surface area contributed by atoms with Crippen LogP contribution >= 0.6 is 0 Å². The van der Waals surface area contributed by atoms with Gasteiger partial charge in [0.2, 0.25) is 0 Å². The first-order valence-corrected chi connectivity index (χ1v) is 3.80. The number of nitrogens with two attached hydrogens (primary N) is 1. The quantitative estimate of drug-likeness (QED) is 0.629. The average molecular weight is 192 g/mol. The first-order valence-electron chi connectivity index (χ1n) is 3.80. The van der Waals surface area contributed by atoms with Gasteiger partial charge in [0.1, 0.15) is 17.4 Å². The van der Waals surface area contributed by atoms with E-state index >= 15 is 0 Å². The molecular weight excluding hydrogens is 184 g/mol. The zero-order valence-electron chi connectivity index (χ0n) is 7.19. The number of carboxylic acid groups (broad SMARTS) is 1. The zero-order valence-corrected chi connectivity index (χ0v) is 7.19. The number of nitrogens with zero attached hydrogens (tertiary/aromatic N) is 1. The molecule has 0 fully saturated rings. The van der Waals surface area contributed by atoms with Crippen molar-refractivity contribution in [3.63, 3.8) is 0 Å². The minimum Gasteiger partial charge on any atom is -0.506 e. The van der Waals surface area contributed by atoms with E-state index in [0.717, 1.165) is 0 Å². The molecular formula is C9H8N2O3. The molecule has 5 heteroatoms. The second kappa shape index (κ2) is 3.77. The number of benzene rings is 1. The summed E-state index contributed by atoms with van der Waals surface area (Å²) in [6.07, 6.45) is 0. The lowest BCUT2D eigenvalue weighted by Crippen LogP contribution is -2.07. The van der Waals surface area contributed by atoms with E-state index in [1.54, 1.807) is 6.07 Å². The van der Waals surface area contributed by atoms with Crippen LogP contribution in [-0.4, -0.2) is 16.2 Å². The van der Waals surface area contributed by atoms with Gasteiger partial charge in [0, 0.05) is 6.54 Å². The predicted octanol–water partition coefficient (Wildman–Crippen LogP) is 0.421. The molecule has 1 aromatic carbocycles. The molecule has 0 saturated heterocycles. The van der Waals surface area contributed by atoms with Gasteiger partial charge in [-0.25, -0.2) is 4.79 Å². The third kappa shape index (κ3) is 1.51. The minimum atomic E-state index is -1.29. The molecule has 0 spiro atoms. The SMILES string of the molecule is N#Cc1ccc(CN)c(C(=O)O)c1O. The lowest BCUT2D eigenvalue weighted by Gasteiger charge is -2.06. The Bertz CT molecular complexity index is 421. The van der Waals surface area contributed by atoms with Crippen molar-refractivity contribution in [2.45, 2.75) is 6.54 Å². The van der Waals surface area contributed by atoms with Gasteiger partial charge in [-0.1, -0.05) is 6.07 Å². The molecule has 0 amide bonds. The molecule has 4 N–H and O–H groups in total. The Kier molecular flexibility index (Phi) is 2.70. The third-order valence-corrected chi connectivity index (χ3v) is 1.82. The van der Waals surface area contributed by atoms with E-state index in [2.05, 4.69) is 0 Å².